The maximum Gasteiger partial charge on any atom is 0.262 e. The van der Waals surface area contributed by atoms with Crippen molar-refractivity contribution in [2.24, 2.45) is 0 Å². The van der Waals surface area contributed by atoms with Crippen LogP contribution < -0.4 is 10.1 Å². The molecule has 0 saturated heterocycles. The average Bonchev–Trinajstić information content (AvgIpc) is 2.69. The molecule has 4 rings (SSSR count). The summed E-state index contributed by atoms with van der Waals surface area (Å²) < 4.78 is 18.9. The van der Waals surface area contributed by atoms with Gasteiger partial charge in [0.1, 0.15) is 18.2 Å². The van der Waals surface area contributed by atoms with Crippen LogP contribution in [0, 0.1) is 5.82 Å². The van der Waals surface area contributed by atoms with Crippen LogP contribution in [0.25, 0.3) is 6.08 Å². The number of thioether (sulfide) groups is 1. The van der Waals surface area contributed by atoms with Crippen LogP contribution in [0.15, 0.2) is 82.6 Å². The molecule has 0 radical (unpaired) electrons. The second-order valence-corrected chi connectivity index (χ2v) is 7.10. The van der Waals surface area contributed by atoms with Crippen molar-refractivity contribution in [3.05, 3.63) is 94.6 Å². The Labute approximate surface area is 160 Å². The van der Waals surface area contributed by atoms with Crippen molar-refractivity contribution in [2.45, 2.75) is 11.5 Å². The molecule has 5 heteroatoms. The van der Waals surface area contributed by atoms with Gasteiger partial charge < -0.3 is 10.1 Å². The van der Waals surface area contributed by atoms with Crippen molar-refractivity contribution < 1.29 is 13.9 Å². The van der Waals surface area contributed by atoms with Crippen LogP contribution in [0.2, 0.25) is 0 Å². The molecule has 0 unspecified atom stereocenters. The summed E-state index contributed by atoms with van der Waals surface area (Å²) in [4.78, 5) is 14.0. The fourth-order valence-electron chi connectivity index (χ4n) is 2.72. The van der Waals surface area contributed by atoms with Crippen molar-refractivity contribution in [1.29, 1.82) is 0 Å². The maximum absolute atomic E-state index is 13.0. The first-order valence-electron chi connectivity index (χ1n) is 8.45. The van der Waals surface area contributed by atoms with Crippen LogP contribution in [0.4, 0.5) is 10.1 Å². The van der Waals surface area contributed by atoms with Gasteiger partial charge >= 0.3 is 0 Å². The first-order valence-corrected chi connectivity index (χ1v) is 9.27. The molecule has 0 saturated carbocycles. The van der Waals surface area contributed by atoms with Crippen LogP contribution in [-0.2, 0) is 11.4 Å². The second kappa shape index (κ2) is 7.68. The number of amides is 1. The Bertz CT molecular complexity index is 1010. The van der Waals surface area contributed by atoms with E-state index in [4.69, 9.17) is 4.74 Å². The number of nitrogens with one attached hydrogen (secondary N) is 1. The first kappa shape index (κ1) is 17.4. The summed E-state index contributed by atoms with van der Waals surface area (Å²) in [5.41, 5.74) is 2.51. The van der Waals surface area contributed by atoms with Crippen LogP contribution in [0.1, 0.15) is 11.1 Å². The molecule has 0 bridgehead atoms. The van der Waals surface area contributed by atoms with E-state index in [-0.39, 0.29) is 11.7 Å². The molecule has 3 aromatic carbocycles. The standard InChI is InChI=1S/C22H16FNO2S/c23-17-11-9-15(10-12-17)14-26-19-7-3-1-5-16(19)13-21-22(25)24-18-6-2-4-8-20(18)27-21/h1-13H,14H2,(H,24,25)/b21-13-. The molecule has 3 nitrogen and oxygen atoms in total. The number of carbonyl (C=O) groups is 1. The molecule has 134 valence electrons. The summed E-state index contributed by atoms with van der Waals surface area (Å²) >= 11 is 1.44. The third-order valence-electron chi connectivity index (χ3n) is 4.09. The van der Waals surface area contributed by atoms with E-state index >= 15 is 0 Å². The van der Waals surface area contributed by atoms with E-state index in [0.29, 0.717) is 17.3 Å². The van der Waals surface area contributed by atoms with E-state index in [2.05, 4.69) is 5.32 Å². The van der Waals surface area contributed by atoms with Crippen molar-refractivity contribution in [3.63, 3.8) is 0 Å². The predicted molar refractivity (Wildman–Crippen MR) is 106 cm³/mol. The summed E-state index contributed by atoms with van der Waals surface area (Å²) in [5, 5.41) is 2.91. The van der Waals surface area contributed by atoms with Crippen molar-refractivity contribution >= 4 is 29.4 Å². The molecular formula is C22H16FNO2S. The zero-order valence-corrected chi connectivity index (χ0v) is 15.1. The smallest absolute Gasteiger partial charge is 0.262 e. The highest BCUT2D eigenvalue weighted by Crippen LogP contribution is 2.39. The Kier molecular flexibility index (Phi) is 4.94. The van der Waals surface area contributed by atoms with Gasteiger partial charge in [-0.2, -0.15) is 0 Å². The van der Waals surface area contributed by atoms with Gasteiger partial charge in [-0.15, -0.1) is 0 Å². The number of carbonyl (C=O) groups excluding carboxylic acids is 1. The molecule has 0 atom stereocenters. The van der Waals surface area contributed by atoms with Gasteiger partial charge in [0.2, 0.25) is 0 Å². The molecule has 1 heterocycles. The highest BCUT2D eigenvalue weighted by atomic mass is 32.2. The van der Waals surface area contributed by atoms with Crippen LogP contribution in [0.5, 0.6) is 5.75 Å². The molecular weight excluding hydrogens is 361 g/mol. The quantitative estimate of drug-likeness (QED) is 0.611. The molecule has 27 heavy (non-hydrogen) atoms. The lowest BCUT2D eigenvalue weighted by Crippen LogP contribution is -2.17. The topological polar surface area (TPSA) is 38.3 Å². The van der Waals surface area contributed by atoms with E-state index in [9.17, 15) is 9.18 Å². The Balaban J connectivity index is 1.57. The van der Waals surface area contributed by atoms with Crippen LogP contribution >= 0.6 is 11.8 Å². The lowest BCUT2D eigenvalue weighted by Gasteiger charge is -2.18. The second-order valence-electron chi connectivity index (χ2n) is 6.01. The van der Waals surface area contributed by atoms with Crippen molar-refractivity contribution in [1.82, 2.24) is 0 Å². The highest BCUT2D eigenvalue weighted by molar-refractivity contribution is 8.04. The molecule has 0 aromatic heterocycles. The average molecular weight is 377 g/mol. The van der Waals surface area contributed by atoms with Gasteiger partial charge in [0.05, 0.1) is 10.6 Å². The Hall–Kier alpha value is -3.05. The number of para-hydroxylation sites is 2. The number of ether oxygens (including phenoxy) is 1. The van der Waals surface area contributed by atoms with E-state index in [0.717, 1.165) is 21.7 Å². The highest BCUT2D eigenvalue weighted by Gasteiger charge is 2.20. The summed E-state index contributed by atoms with van der Waals surface area (Å²) in [5.74, 6) is 0.262. The van der Waals surface area contributed by atoms with Gasteiger partial charge in [-0.1, -0.05) is 54.2 Å². The SMILES string of the molecule is O=C1Nc2ccccc2S/C1=C\c1ccccc1OCc1ccc(F)cc1. The number of hydrogen-bond acceptors (Lipinski definition) is 3. The number of benzene rings is 3. The number of anilines is 1. The number of hydrogen-bond donors (Lipinski definition) is 1. The third kappa shape index (κ3) is 4.04. The zero-order valence-electron chi connectivity index (χ0n) is 14.3. The normalized spacial score (nSPS) is 14.6. The minimum Gasteiger partial charge on any atom is -0.488 e. The molecule has 1 amide bonds. The van der Waals surface area contributed by atoms with Gasteiger partial charge in [-0.25, -0.2) is 4.39 Å². The fraction of sp³-hybridized carbons (Fsp3) is 0.0455. The first-order chi connectivity index (χ1) is 13.2. The molecule has 0 spiro atoms. The molecule has 1 aliphatic heterocycles. The number of rotatable bonds is 4. The van der Waals surface area contributed by atoms with E-state index in [1.54, 1.807) is 12.1 Å². The summed E-state index contributed by atoms with van der Waals surface area (Å²) in [7, 11) is 0. The molecule has 0 aliphatic carbocycles. The Morgan fingerprint density at radius 2 is 1.70 bits per heavy atom. The predicted octanol–water partition coefficient (Wildman–Crippen LogP) is 5.49. The summed E-state index contributed by atoms with van der Waals surface area (Å²) in [6.07, 6.45) is 1.83. The van der Waals surface area contributed by atoms with Gasteiger partial charge in [0, 0.05) is 10.5 Å². The van der Waals surface area contributed by atoms with Crippen LogP contribution in [0.3, 0.4) is 0 Å². The monoisotopic (exact) mass is 377 g/mol. The number of halogens is 1. The minimum atomic E-state index is -0.274. The van der Waals surface area contributed by atoms with E-state index in [1.165, 1.54) is 23.9 Å². The van der Waals surface area contributed by atoms with Crippen molar-refractivity contribution in [3.8, 4) is 5.75 Å². The third-order valence-corrected chi connectivity index (χ3v) is 5.19. The largest absolute Gasteiger partial charge is 0.488 e. The minimum absolute atomic E-state index is 0.132. The van der Waals surface area contributed by atoms with Gasteiger partial charge in [0.15, 0.2) is 0 Å². The lowest BCUT2D eigenvalue weighted by molar-refractivity contribution is -0.112. The fourth-order valence-corrected chi connectivity index (χ4v) is 3.66. The summed E-state index contributed by atoms with van der Waals surface area (Å²) in [6, 6.07) is 21.4. The van der Waals surface area contributed by atoms with Gasteiger partial charge in [0.25, 0.3) is 5.91 Å². The Morgan fingerprint density at radius 1 is 0.963 bits per heavy atom. The lowest BCUT2D eigenvalue weighted by atomic mass is 10.1. The van der Waals surface area contributed by atoms with E-state index < -0.39 is 0 Å². The van der Waals surface area contributed by atoms with E-state index in [1.807, 2.05) is 54.6 Å². The number of fused-ring (bicyclic) bond motifs is 1. The Morgan fingerprint density at radius 3 is 2.56 bits per heavy atom. The van der Waals surface area contributed by atoms with Crippen molar-refractivity contribution in [2.75, 3.05) is 5.32 Å². The molecule has 3 aromatic rings. The summed E-state index contributed by atoms with van der Waals surface area (Å²) in [6.45, 7) is 0.322. The maximum atomic E-state index is 13.0. The molecule has 1 aliphatic rings. The molecule has 0 fully saturated rings. The zero-order chi connectivity index (χ0) is 18.6. The molecule has 1 N–H and O–H groups in total. The van der Waals surface area contributed by atoms with Crippen LogP contribution in [-0.4, -0.2) is 5.91 Å². The van der Waals surface area contributed by atoms with Gasteiger partial charge in [-0.05, 0) is 42.0 Å². The van der Waals surface area contributed by atoms with Gasteiger partial charge in [-0.3, -0.25) is 4.79 Å².